The summed E-state index contributed by atoms with van der Waals surface area (Å²) in [6.07, 6.45) is 4.59. The fourth-order valence-electron chi connectivity index (χ4n) is 2.33. The van der Waals surface area contributed by atoms with Gasteiger partial charge in [0, 0.05) is 19.3 Å². The summed E-state index contributed by atoms with van der Waals surface area (Å²) in [5.74, 6) is 0.944. The molecular formula is C12H19N3. The minimum Gasteiger partial charge on any atom is -0.373 e. The van der Waals surface area contributed by atoms with Gasteiger partial charge in [-0.05, 0) is 37.6 Å². The number of likely N-dealkylation sites (tertiary alicyclic amines) is 1. The molecule has 1 saturated heterocycles. The summed E-state index contributed by atoms with van der Waals surface area (Å²) >= 11 is 0. The number of nitrogens with zero attached hydrogens (tertiary/aromatic N) is 2. The van der Waals surface area contributed by atoms with Gasteiger partial charge in [-0.15, -0.1) is 0 Å². The van der Waals surface area contributed by atoms with Crippen molar-refractivity contribution in [2.24, 2.45) is 0 Å². The lowest BCUT2D eigenvalue weighted by Gasteiger charge is -2.22. The summed E-state index contributed by atoms with van der Waals surface area (Å²) in [6, 6.07) is 4.84. The van der Waals surface area contributed by atoms with Crippen molar-refractivity contribution in [2.45, 2.75) is 25.8 Å². The lowest BCUT2D eigenvalue weighted by Crippen LogP contribution is -2.22. The van der Waals surface area contributed by atoms with Gasteiger partial charge in [0.05, 0.1) is 0 Å². The van der Waals surface area contributed by atoms with Gasteiger partial charge in [-0.3, -0.25) is 4.90 Å². The van der Waals surface area contributed by atoms with Crippen LogP contribution >= 0.6 is 0 Å². The number of aromatic nitrogens is 1. The van der Waals surface area contributed by atoms with E-state index in [1.165, 1.54) is 24.9 Å². The maximum absolute atomic E-state index is 4.37. The molecule has 1 atom stereocenters. The molecule has 82 valence electrons. The topological polar surface area (TPSA) is 28.2 Å². The van der Waals surface area contributed by atoms with Gasteiger partial charge in [0.1, 0.15) is 5.82 Å². The van der Waals surface area contributed by atoms with E-state index in [0.717, 1.165) is 12.4 Å². The third-order valence-corrected chi connectivity index (χ3v) is 3.20. The van der Waals surface area contributed by atoms with E-state index < -0.39 is 0 Å². The Morgan fingerprint density at radius 2 is 2.40 bits per heavy atom. The highest BCUT2D eigenvalue weighted by molar-refractivity contribution is 5.35. The zero-order valence-corrected chi connectivity index (χ0v) is 9.53. The summed E-state index contributed by atoms with van der Waals surface area (Å²) in [5, 5.41) is 3.05. The predicted octanol–water partition coefficient (Wildman–Crippen LogP) is 2.28. The average Bonchev–Trinajstić information content (AvgIpc) is 2.77. The summed E-state index contributed by atoms with van der Waals surface area (Å²) < 4.78 is 0. The molecule has 0 saturated carbocycles. The summed E-state index contributed by atoms with van der Waals surface area (Å²) in [4.78, 5) is 6.90. The molecule has 0 aliphatic carbocycles. The van der Waals surface area contributed by atoms with E-state index in [-0.39, 0.29) is 0 Å². The van der Waals surface area contributed by atoms with Crippen LogP contribution in [0.25, 0.3) is 0 Å². The second kappa shape index (κ2) is 4.62. The Hall–Kier alpha value is -1.09. The molecule has 1 aromatic heterocycles. The van der Waals surface area contributed by atoms with Crippen LogP contribution in [0, 0.1) is 0 Å². The van der Waals surface area contributed by atoms with Crippen molar-refractivity contribution in [3.63, 3.8) is 0 Å². The molecule has 1 aliphatic rings. The standard InChI is InChI=1S/C12H19N3/c1-3-15-8-4-5-11(15)10-6-7-12(13-2)14-9-10/h6-7,9,11H,3-5,8H2,1-2H3,(H,13,14). The molecular weight excluding hydrogens is 186 g/mol. The van der Waals surface area contributed by atoms with Gasteiger partial charge in [0.2, 0.25) is 0 Å². The molecule has 0 amide bonds. The highest BCUT2D eigenvalue weighted by Gasteiger charge is 2.24. The van der Waals surface area contributed by atoms with Crippen molar-refractivity contribution in [3.8, 4) is 0 Å². The molecule has 0 radical (unpaired) electrons. The highest BCUT2D eigenvalue weighted by Crippen LogP contribution is 2.31. The van der Waals surface area contributed by atoms with E-state index in [1.54, 1.807) is 0 Å². The van der Waals surface area contributed by atoms with Gasteiger partial charge in [0.25, 0.3) is 0 Å². The largest absolute Gasteiger partial charge is 0.373 e. The van der Waals surface area contributed by atoms with Crippen LogP contribution < -0.4 is 5.32 Å². The SMILES string of the molecule is CCN1CCCC1c1ccc(NC)nc1. The molecule has 2 heterocycles. The Bertz CT molecular complexity index is 307. The number of hydrogen-bond acceptors (Lipinski definition) is 3. The normalized spacial score (nSPS) is 21.9. The summed E-state index contributed by atoms with van der Waals surface area (Å²) in [6.45, 7) is 4.60. The number of anilines is 1. The van der Waals surface area contributed by atoms with E-state index in [1.807, 2.05) is 13.2 Å². The second-order valence-corrected chi connectivity index (χ2v) is 4.01. The fourth-order valence-corrected chi connectivity index (χ4v) is 2.33. The minimum absolute atomic E-state index is 0.591. The van der Waals surface area contributed by atoms with Crippen LogP contribution in [0.1, 0.15) is 31.4 Å². The number of nitrogens with one attached hydrogen (secondary N) is 1. The molecule has 0 spiro atoms. The second-order valence-electron chi connectivity index (χ2n) is 4.01. The predicted molar refractivity (Wildman–Crippen MR) is 63.0 cm³/mol. The first-order chi connectivity index (χ1) is 7.35. The molecule has 15 heavy (non-hydrogen) atoms. The summed E-state index contributed by atoms with van der Waals surface area (Å²) in [7, 11) is 1.90. The number of rotatable bonds is 3. The van der Waals surface area contributed by atoms with Crippen LogP contribution in [0.2, 0.25) is 0 Å². The van der Waals surface area contributed by atoms with Crippen molar-refractivity contribution in [2.75, 3.05) is 25.5 Å². The molecule has 3 nitrogen and oxygen atoms in total. The van der Waals surface area contributed by atoms with E-state index in [4.69, 9.17) is 0 Å². The van der Waals surface area contributed by atoms with Gasteiger partial charge >= 0.3 is 0 Å². The van der Waals surface area contributed by atoms with E-state index in [2.05, 4.69) is 34.3 Å². The molecule has 2 rings (SSSR count). The third kappa shape index (κ3) is 2.12. The maximum Gasteiger partial charge on any atom is 0.125 e. The zero-order chi connectivity index (χ0) is 10.7. The Morgan fingerprint density at radius 1 is 1.53 bits per heavy atom. The maximum atomic E-state index is 4.37. The molecule has 0 bridgehead atoms. The van der Waals surface area contributed by atoms with Crippen LogP contribution in [0.3, 0.4) is 0 Å². The summed E-state index contributed by atoms with van der Waals surface area (Å²) in [5.41, 5.74) is 1.35. The lowest BCUT2D eigenvalue weighted by atomic mass is 10.1. The Labute approximate surface area is 91.5 Å². The zero-order valence-electron chi connectivity index (χ0n) is 9.53. The lowest BCUT2D eigenvalue weighted by molar-refractivity contribution is 0.271. The van der Waals surface area contributed by atoms with Crippen LogP contribution in [-0.2, 0) is 0 Å². The first-order valence-corrected chi connectivity index (χ1v) is 5.73. The molecule has 0 aromatic carbocycles. The third-order valence-electron chi connectivity index (χ3n) is 3.20. The first kappa shape index (κ1) is 10.4. The molecule has 3 heteroatoms. The van der Waals surface area contributed by atoms with Gasteiger partial charge < -0.3 is 5.32 Å². The average molecular weight is 205 g/mol. The van der Waals surface area contributed by atoms with Crippen LogP contribution in [0.15, 0.2) is 18.3 Å². The van der Waals surface area contributed by atoms with Gasteiger partial charge in [-0.25, -0.2) is 4.98 Å². The van der Waals surface area contributed by atoms with E-state index >= 15 is 0 Å². The Balaban J connectivity index is 2.14. The van der Waals surface area contributed by atoms with Crippen molar-refractivity contribution < 1.29 is 0 Å². The highest BCUT2D eigenvalue weighted by atomic mass is 15.2. The first-order valence-electron chi connectivity index (χ1n) is 5.73. The molecule has 1 aliphatic heterocycles. The van der Waals surface area contributed by atoms with E-state index in [0.29, 0.717) is 6.04 Å². The fraction of sp³-hybridized carbons (Fsp3) is 0.583. The number of hydrogen-bond donors (Lipinski definition) is 1. The molecule has 1 fully saturated rings. The quantitative estimate of drug-likeness (QED) is 0.820. The van der Waals surface area contributed by atoms with Crippen LogP contribution in [-0.4, -0.2) is 30.0 Å². The van der Waals surface area contributed by atoms with Crippen molar-refractivity contribution in [1.82, 2.24) is 9.88 Å². The van der Waals surface area contributed by atoms with Crippen molar-refractivity contribution in [3.05, 3.63) is 23.9 Å². The Kier molecular flexibility index (Phi) is 3.21. The Morgan fingerprint density at radius 3 is 3.00 bits per heavy atom. The van der Waals surface area contributed by atoms with E-state index in [9.17, 15) is 0 Å². The van der Waals surface area contributed by atoms with Gasteiger partial charge in [0.15, 0.2) is 0 Å². The molecule has 1 unspecified atom stereocenters. The molecule has 1 N–H and O–H groups in total. The van der Waals surface area contributed by atoms with Crippen LogP contribution in [0.5, 0.6) is 0 Å². The van der Waals surface area contributed by atoms with Crippen molar-refractivity contribution >= 4 is 5.82 Å². The number of pyridine rings is 1. The van der Waals surface area contributed by atoms with Crippen molar-refractivity contribution in [1.29, 1.82) is 0 Å². The minimum atomic E-state index is 0.591. The smallest absolute Gasteiger partial charge is 0.125 e. The van der Waals surface area contributed by atoms with Crippen LogP contribution in [0.4, 0.5) is 5.82 Å². The van der Waals surface area contributed by atoms with Gasteiger partial charge in [-0.2, -0.15) is 0 Å². The van der Waals surface area contributed by atoms with Gasteiger partial charge in [-0.1, -0.05) is 13.0 Å². The monoisotopic (exact) mass is 205 g/mol. The molecule has 1 aromatic rings.